The molecule has 19 heavy (non-hydrogen) atoms. The van der Waals surface area contributed by atoms with E-state index < -0.39 is 0 Å². The Morgan fingerprint density at radius 1 is 1.53 bits per heavy atom. The molecule has 1 amide bonds. The van der Waals surface area contributed by atoms with Gasteiger partial charge in [-0.2, -0.15) is 0 Å². The van der Waals surface area contributed by atoms with Gasteiger partial charge in [-0.25, -0.2) is 4.98 Å². The van der Waals surface area contributed by atoms with Gasteiger partial charge in [-0.05, 0) is 24.7 Å². The Kier molecular flexibility index (Phi) is 4.29. The Bertz CT molecular complexity index is 457. The Morgan fingerprint density at radius 3 is 2.79 bits per heavy atom. The molecule has 1 aliphatic carbocycles. The first-order valence-electron chi connectivity index (χ1n) is 6.69. The van der Waals surface area contributed by atoms with E-state index in [4.69, 9.17) is 5.73 Å². The maximum atomic E-state index is 12.1. The molecule has 0 radical (unpaired) electrons. The van der Waals surface area contributed by atoms with Gasteiger partial charge in [0.05, 0.1) is 0 Å². The number of nitrogens with one attached hydrogen (secondary N) is 1. The molecule has 0 aromatic carbocycles. The van der Waals surface area contributed by atoms with Crippen molar-refractivity contribution in [3.05, 3.63) is 4.88 Å². The van der Waals surface area contributed by atoms with E-state index >= 15 is 0 Å². The lowest BCUT2D eigenvalue weighted by atomic mass is 10.1. The number of aromatic nitrogens is 1. The van der Waals surface area contributed by atoms with E-state index in [0.717, 1.165) is 17.6 Å². The van der Waals surface area contributed by atoms with E-state index in [1.54, 1.807) is 0 Å². The molecule has 0 saturated heterocycles. The zero-order valence-electron chi connectivity index (χ0n) is 11.8. The van der Waals surface area contributed by atoms with Crippen LogP contribution < -0.4 is 16.0 Å². The topological polar surface area (TPSA) is 71.2 Å². The van der Waals surface area contributed by atoms with Crippen LogP contribution >= 0.6 is 11.3 Å². The molecule has 6 heteroatoms. The summed E-state index contributed by atoms with van der Waals surface area (Å²) in [6.45, 7) is 3.02. The second-order valence-electron chi connectivity index (χ2n) is 5.60. The number of nitrogens with two attached hydrogens (primary N) is 1. The molecule has 1 aliphatic rings. The number of nitrogen functional groups attached to an aromatic ring is 1. The summed E-state index contributed by atoms with van der Waals surface area (Å²) in [6.07, 6.45) is 3.69. The molecule has 0 bridgehead atoms. The zero-order chi connectivity index (χ0) is 14.0. The van der Waals surface area contributed by atoms with E-state index in [1.807, 2.05) is 19.0 Å². The largest absolute Gasteiger partial charge is 0.382 e. The van der Waals surface area contributed by atoms with Crippen molar-refractivity contribution < 1.29 is 4.79 Å². The van der Waals surface area contributed by atoms with Gasteiger partial charge in [0.1, 0.15) is 10.7 Å². The van der Waals surface area contributed by atoms with Gasteiger partial charge < -0.3 is 16.0 Å². The summed E-state index contributed by atoms with van der Waals surface area (Å²) in [5, 5.41) is 3.75. The summed E-state index contributed by atoms with van der Waals surface area (Å²) in [5.41, 5.74) is 5.80. The first-order valence-corrected chi connectivity index (χ1v) is 7.50. The maximum Gasteiger partial charge on any atom is 0.265 e. The molecular weight excluding hydrogens is 260 g/mol. The minimum atomic E-state index is -0.0948. The van der Waals surface area contributed by atoms with Crippen LogP contribution in [0.3, 0.4) is 0 Å². The number of rotatable bonds is 4. The molecule has 0 aliphatic heterocycles. The van der Waals surface area contributed by atoms with Crippen LogP contribution in [-0.4, -0.2) is 31.5 Å². The van der Waals surface area contributed by atoms with Crippen molar-refractivity contribution in [2.75, 3.05) is 31.3 Å². The highest BCUT2D eigenvalue weighted by molar-refractivity contribution is 7.18. The molecule has 106 valence electrons. The van der Waals surface area contributed by atoms with Crippen molar-refractivity contribution >= 4 is 28.2 Å². The molecule has 1 heterocycles. The lowest BCUT2D eigenvalue weighted by Gasteiger charge is -2.10. The van der Waals surface area contributed by atoms with Crippen LogP contribution in [0.5, 0.6) is 0 Å². The van der Waals surface area contributed by atoms with Crippen molar-refractivity contribution in [3.8, 4) is 0 Å². The fraction of sp³-hybridized carbons (Fsp3) is 0.692. The highest BCUT2D eigenvalue weighted by atomic mass is 32.1. The number of carbonyl (C=O) groups is 1. The monoisotopic (exact) mass is 282 g/mol. The second kappa shape index (κ2) is 5.77. The van der Waals surface area contributed by atoms with Crippen LogP contribution in [0, 0.1) is 11.8 Å². The molecule has 2 atom stereocenters. The highest BCUT2D eigenvalue weighted by Gasteiger charge is 2.23. The number of hydrogen-bond acceptors (Lipinski definition) is 5. The van der Waals surface area contributed by atoms with Crippen LogP contribution in [0.25, 0.3) is 0 Å². The molecule has 1 aromatic rings. The van der Waals surface area contributed by atoms with Crippen LogP contribution in [0.4, 0.5) is 10.9 Å². The van der Waals surface area contributed by atoms with E-state index in [1.165, 1.54) is 30.6 Å². The van der Waals surface area contributed by atoms with Crippen molar-refractivity contribution in [2.45, 2.75) is 26.2 Å². The van der Waals surface area contributed by atoms with Gasteiger partial charge in [0.25, 0.3) is 5.91 Å². The van der Waals surface area contributed by atoms with Crippen molar-refractivity contribution in [3.63, 3.8) is 0 Å². The standard InChI is InChI=1S/C13H22N4OS/c1-8-4-5-9(6-8)7-15-12(18)10-11(14)16-13(19-10)17(2)3/h8-9H,4-7,14H2,1-3H3,(H,15,18). The van der Waals surface area contributed by atoms with Gasteiger partial charge in [-0.1, -0.05) is 24.7 Å². The molecule has 1 fully saturated rings. The number of anilines is 2. The first kappa shape index (κ1) is 14.1. The number of amides is 1. The normalized spacial score (nSPS) is 22.5. The number of nitrogens with zero attached hydrogens (tertiary/aromatic N) is 2. The molecule has 3 N–H and O–H groups in total. The summed E-state index contributed by atoms with van der Waals surface area (Å²) in [4.78, 5) is 18.7. The molecule has 2 unspecified atom stereocenters. The molecule has 1 aromatic heterocycles. The highest BCUT2D eigenvalue weighted by Crippen LogP contribution is 2.30. The van der Waals surface area contributed by atoms with Crippen LogP contribution in [0.15, 0.2) is 0 Å². The average Bonchev–Trinajstić information content (AvgIpc) is 2.92. The number of hydrogen-bond donors (Lipinski definition) is 2. The fourth-order valence-electron chi connectivity index (χ4n) is 2.50. The van der Waals surface area contributed by atoms with E-state index in [2.05, 4.69) is 17.2 Å². The van der Waals surface area contributed by atoms with Gasteiger partial charge in [0.15, 0.2) is 5.13 Å². The lowest BCUT2D eigenvalue weighted by Crippen LogP contribution is -2.28. The molecule has 5 nitrogen and oxygen atoms in total. The third-order valence-corrected chi connectivity index (χ3v) is 4.82. The third kappa shape index (κ3) is 3.37. The van der Waals surface area contributed by atoms with Gasteiger partial charge in [0, 0.05) is 20.6 Å². The van der Waals surface area contributed by atoms with Gasteiger partial charge in [-0.15, -0.1) is 0 Å². The van der Waals surface area contributed by atoms with Gasteiger partial charge in [0.2, 0.25) is 0 Å². The van der Waals surface area contributed by atoms with E-state index in [9.17, 15) is 4.79 Å². The van der Waals surface area contributed by atoms with Gasteiger partial charge >= 0.3 is 0 Å². The quantitative estimate of drug-likeness (QED) is 0.885. The van der Waals surface area contributed by atoms with Gasteiger partial charge in [-0.3, -0.25) is 4.79 Å². The van der Waals surface area contributed by atoms with Crippen LogP contribution in [-0.2, 0) is 0 Å². The second-order valence-corrected chi connectivity index (χ2v) is 6.58. The SMILES string of the molecule is CC1CCC(CNC(=O)c2sc(N(C)C)nc2N)C1. The first-order chi connectivity index (χ1) is 8.97. The Morgan fingerprint density at radius 2 is 2.26 bits per heavy atom. The molecule has 2 rings (SSSR count). The molecule has 0 spiro atoms. The number of carbonyl (C=O) groups excluding carboxylic acids is 1. The maximum absolute atomic E-state index is 12.1. The van der Waals surface area contributed by atoms with Crippen LogP contribution in [0.2, 0.25) is 0 Å². The minimum Gasteiger partial charge on any atom is -0.382 e. The smallest absolute Gasteiger partial charge is 0.265 e. The minimum absolute atomic E-state index is 0.0948. The zero-order valence-corrected chi connectivity index (χ0v) is 12.6. The predicted octanol–water partition coefficient (Wildman–Crippen LogP) is 1.96. The average molecular weight is 282 g/mol. The lowest BCUT2D eigenvalue weighted by molar-refractivity contribution is 0.0952. The Balaban J connectivity index is 1.92. The van der Waals surface area contributed by atoms with Crippen molar-refractivity contribution in [1.29, 1.82) is 0 Å². The van der Waals surface area contributed by atoms with Crippen LogP contribution in [0.1, 0.15) is 35.9 Å². The Labute approximate surface area is 118 Å². The number of thiazole rings is 1. The van der Waals surface area contributed by atoms with E-state index in [0.29, 0.717) is 16.6 Å². The molecule has 1 saturated carbocycles. The third-order valence-electron chi connectivity index (χ3n) is 3.59. The van der Waals surface area contributed by atoms with E-state index in [-0.39, 0.29) is 5.91 Å². The summed E-state index contributed by atoms with van der Waals surface area (Å²) >= 11 is 1.34. The van der Waals surface area contributed by atoms with Crippen molar-refractivity contribution in [1.82, 2.24) is 10.3 Å². The fourth-order valence-corrected chi connectivity index (χ4v) is 3.33. The molecular formula is C13H22N4OS. The Hall–Kier alpha value is -1.30. The summed E-state index contributed by atoms with van der Waals surface area (Å²) in [6, 6.07) is 0. The van der Waals surface area contributed by atoms with Crippen molar-refractivity contribution in [2.24, 2.45) is 11.8 Å². The summed E-state index contributed by atoms with van der Waals surface area (Å²) < 4.78 is 0. The summed E-state index contributed by atoms with van der Waals surface area (Å²) in [5.74, 6) is 1.63. The predicted molar refractivity (Wildman–Crippen MR) is 79.7 cm³/mol. The summed E-state index contributed by atoms with van der Waals surface area (Å²) in [7, 11) is 3.78.